The summed E-state index contributed by atoms with van der Waals surface area (Å²) in [7, 11) is 1.82. The van der Waals surface area contributed by atoms with E-state index in [1.54, 1.807) is 0 Å². The maximum absolute atomic E-state index is 5.64. The van der Waals surface area contributed by atoms with Crippen molar-refractivity contribution in [2.24, 2.45) is 17.6 Å². The number of rotatable bonds is 3. The zero-order valence-electron chi connectivity index (χ0n) is 8.25. The van der Waals surface area contributed by atoms with E-state index in [4.69, 9.17) is 10.5 Å². The Morgan fingerprint density at radius 1 is 1.33 bits per heavy atom. The molecule has 1 saturated carbocycles. The average molecular weight is 171 g/mol. The van der Waals surface area contributed by atoms with Crippen LogP contribution in [-0.2, 0) is 4.74 Å². The van der Waals surface area contributed by atoms with E-state index in [1.165, 1.54) is 25.7 Å². The van der Waals surface area contributed by atoms with E-state index in [9.17, 15) is 0 Å². The second-order valence-corrected chi connectivity index (χ2v) is 3.99. The highest BCUT2D eigenvalue weighted by atomic mass is 16.5. The normalized spacial score (nSPS) is 33.2. The van der Waals surface area contributed by atoms with Gasteiger partial charge in [-0.25, -0.2) is 0 Å². The number of nitrogens with two attached hydrogens (primary N) is 1. The lowest BCUT2D eigenvalue weighted by atomic mass is 9.80. The number of methoxy groups -OCH3 is 1. The number of ether oxygens (including phenoxy) is 1. The van der Waals surface area contributed by atoms with Crippen molar-refractivity contribution >= 4 is 0 Å². The summed E-state index contributed by atoms with van der Waals surface area (Å²) in [4.78, 5) is 0. The number of hydrogen-bond donors (Lipinski definition) is 1. The van der Waals surface area contributed by atoms with Crippen molar-refractivity contribution in [3.05, 3.63) is 0 Å². The molecule has 0 unspecified atom stereocenters. The maximum Gasteiger partial charge on any atom is 0.0571 e. The molecule has 72 valence electrons. The lowest BCUT2D eigenvalue weighted by Gasteiger charge is -2.30. The van der Waals surface area contributed by atoms with Crippen molar-refractivity contribution < 1.29 is 4.74 Å². The van der Waals surface area contributed by atoms with Crippen LogP contribution in [0.25, 0.3) is 0 Å². The summed E-state index contributed by atoms with van der Waals surface area (Å²) < 4.78 is 5.32. The molecule has 0 spiro atoms. The summed E-state index contributed by atoms with van der Waals surface area (Å²) in [6.07, 6.45) is 5.58. The molecule has 0 bridgehead atoms. The summed E-state index contributed by atoms with van der Waals surface area (Å²) in [6.45, 7) is 3.10. The predicted molar refractivity (Wildman–Crippen MR) is 51.0 cm³/mol. The Bertz CT molecular complexity index is 119. The molecule has 2 N–H and O–H groups in total. The second kappa shape index (κ2) is 4.83. The summed E-state index contributed by atoms with van der Waals surface area (Å²) in [6, 6.07) is 0. The highest BCUT2D eigenvalue weighted by molar-refractivity contribution is 4.76. The Morgan fingerprint density at radius 3 is 2.33 bits per heavy atom. The first-order valence-corrected chi connectivity index (χ1v) is 5.00. The van der Waals surface area contributed by atoms with Gasteiger partial charge in [0.25, 0.3) is 0 Å². The van der Waals surface area contributed by atoms with Crippen molar-refractivity contribution in [3.63, 3.8) is 0 Å². The molecule has 0 heterocycles. The fourth-order valence-corrected chi connectivity index (χ4v) is 2.09. The van der Waals surface area contributed by atoms with E-state index in [-0.39, 0.29) is 0 Å². The first kappa shape index (κ1) is 10.0. The molecule has 0 amide bonds. The van der Waals surface area contributed by atoms with Gasteiger partial charge in [0.05, 0.1) is 6.10 Å². The van der Waals surface area contributed by atoms with E-state index in [1.807, 2.05) is 7.11 Å². The van der Waals surface area contributed by atoms with Crippen molar-refractivity contribution in [2.45, 2.75) is 38.7 Å². The summed E-state index contributed by atoms with van der Waals surface area (Å²) in [5, 5.41) is 0. The van der Waals surface area contributed by atoms with Crippen LogP contribution in [0.1, 0.15) is 32.6 Å². The van der Waals surface area contributed by atoms with Gasteiger partial charge in [0.2, 0.25) is 0 Å². The molecule has 1 rings (SSSR count). The third kappa shape index (κ3) is 2.46. The van der Waals surface area contributed by atoms with Crippen molar-refractivity contribution in [3.8, 4) is 0 Å². The molecule has 2 nitrogen and oxygen atoms in total. The molecule has 0 saturated heterocycles. The van der Waals surface area contributed by atoms with Gasteiger partial charge in [-0.05, 0) is 44.1 Å². The zero-order chi connectivity index (χ0) is 8.97. The molecular weight excluding hydrogens is 150 g/mol. The molecule has 1 atom stereocenters. The third-order valence-electron chi connectivity index (χ3n) is 3.23. The fourth-order valence-electron chi connectivity index (χ4n) is 2.09. The Morgan fingerprint density at radius 2 is 1.92 bits per heavy atom. The standard InChI is InChI=1S/C10H21NO/c1-8(7-11)9-3-5-10(12-2)6-4-9/h8-10H,3-7,11H2,1-2H3/t8-,9?,10?/m1/s1. The van der Waals surface area contributed by atoms with Crippen LogP contribution in [-0.4, -0.2) is 19.8 Å². The smallest absolute Gasteiger partial charge is 0.0571 e. The predicted octanol–water partition coefficient (Wildman–Crippen LogP) is 1.79. The first-order chi connectivity index (χ1) is 5.77. The molecule has 0 aromatic rings. The topological polar surface area (TPSA) is 35.2 Å². The molecule has 1 aliphatic carbocycles. The molecule has 1 aliphatic rings. The second-order valence-electron chi connectivity index (χ2n) is 3.99. The van der Waals surface area contributed by atoms with Crippen molar-refractivity contribution in [2.75, 3.05) is 13.7 Å². The highest BCUT2D eigenvalue weighted by Crippen LogP contribution is 2.30. The quantitative estimate of drug-likeness (QED) is 0.702. The van der Waals surface area contributed by atoms with Crippen molar-refractivity contribution in [1.29, 1.82) is 0 Å². The van der Waals surface area contributed by atoms with Gasteiger partial charge in [-0.1, -0.05) is 6.92 Å². The fraction of sp³-hybridized carbons (Fsp3) is 1.00. The van der Waals surface area contributed by atoms with Crippen LogP contribution >= 0.6 is 0 Å². The Balaban J connectivity index is 2.25. The van der Waals surface area contributed by atoms with E-state index in [0.717, 1.165) is 12.5 Å². The SMILES string of the molecule is COC1CCC([C@H](C)CN)CC1. The molecular formula is C10H21NO. The number of hydrogen-bond acceptors (Lipinski definition) is 2. The van der Waals surface area contributed by atoms with Gasteiger partial charge >= 0.3 is 0 Å². The minimum atomic E-state index is 0.520. The van der Waals surface area contributed by atoms with Gasteiger partial charge in [0.1, 0.15) is 0 Å². The minimum Gasteiger partial charge on any atom is -0.381 e. The molecule has 2 heteroatoms. The lowest BCUT2D eigenvalue weighted by Crippen LogP contribution is -2.27. The minimum absolute atomic E-state index is 0.520. The summed E-state index contributed by atoms with van der Waals surface area (Å²) in [5.41, 5.74) is 5.64. The molecule has 0 aromatic carbocycles. The van der Waals surface area contributed by atoms with Crippen molar-refractivity contribution in [1.82, 2.24) is 0 Å². The van der Waals surface area contributed by atoms with Gasteiger partial charge < -0.3 is 10.5 Å². The van der Waals surface area contributed by atoms with E-state index in [0.29, 0.717) is 12.0 Å². The van der Waals surface area contributed by atoms with Gasteiger partial charge in [-0.2, -0.15) is 0 Å². The van der Waals surface area contributed by atoms with Crippen LogP contribution in [0.4, 0.5) is 0 Å². The van der Waals surface area contributed by atoms with Crippen LogP contribution in [0.5, 0.6) is 0 Å². The molecule has 1 fully saturated rings. The molecule has 12 heavy (non-hydrogen) atoms. The summed E-state index contributed by atoms with van der Waals surface area (Å²) in [5.74, 6) is 1.55. The maximum atomic E-state index is 5.64. The van der Waals surface area contributed by atoms with Crippen LogP contribution in [0, 0.1) is 11.8 Å². The van der Waals surface area contributed by atoms with Gasteiger partial charge in [-0.15, -0.1) is 0 Å². The largest absolute Gasteiger partial charge is 0.381 e. The molecule has 0 aliphatic heterocycles. The van der Waals surface area contributed by atoms with Gasteiger partial charge in [0, 0.05) is 7.11 Å². The van der Waals surface area contributed by atoms with Crippen LogP contribution in [0.15, 0.2) is 0 Å². The zero-order valence-corrected chi connectivity index (χ0v) is 8.25. The molecule has 0 radical (unpaired) electrons. The third-order valence-corrected chi connectivity index (χ3v) is 3.23. The molecule has 0 aromatic heterocycles. The highest BCUT2D eigenvalue weighted by Gasteiger charge is 2.23. The average Bonchev–Trinajstić information content (AvgIpc) is 2.17. The summed E-state index contributed by atoms with van der Waals surface area (Å²) >= 11 is 0. The van der Waals surface area contributed by atoms with E-state index in [2.05, 4.69) is 6.92 Å². The van der Waals surface area contributed by atoms with Gasteiger partial charge in [0.15, 0.2) is 0 Å². The van der Waals surface area contributed by atoms with Crippen LogP contribution in [0.3, 0.4) is 0 Å². The van der Waals surface area contributed by atoms with Crippen LogP contribution < -0.4 is 5.73 Å². The van der Waals surface area contributed by atoms with E-state index < -0.39 is 0 Å². The Hall–Kier alpha value is -0.0800. The Labute approximate surface area is 75.5 Å². The lowest BCUT2D eigenvalue weighted by molar-refractivity contribution is 0.0487. The van der Waals surface area contributed by atoms with Crippen LogP contribution in [0.2, 0.25) is 0 Å². The van der Waals surface area contributed by atoms with E-state index >= 15 is 0 Å². The van der Waals surface area contributed by atoms with Gasteiger partial charge in [-0.3, -0.25) is 0 Å². The monoisotopic (exact) mass is 171 g/mol. The Kier molecular flexibility index (Phi) is 4.02. The first-order valence-electron chi connectivity index (χ1n) is 5.00.